The summed E-state index contributed by atoms with van der Waals surface area (Å²) < 4.78 is 10.6. The molecule has 0 unspecified atom stereocenters. The lowest BCUT2D eigenvalue weighted by Crippen LogP contribution is -2.34. The summed E-state index contributed by atoms with van der Waals surface area (Å²) in [7, 11) is 3.15. The molecule has 124 valence electrons. The van der Waals surface area contributed by atoms with Crippen LogP contribution in [0, 0.1) is 0 Å². The van der Waals surface area contributed by atoms with Gasteiger partial charge in [-0.25, -0.2) is 4.98 Å². The number of aliphatic hydroxyl groups excluding tert-OH is 1. The van der Waals surface area contributed by atoms with Gasteiger partial charge in [-0.2, -0.15) is 4.98 Å². The lowest BCUT2D eigenvalue weighted by molar-refractivity contribution is 0.184. The molecule has 1 aromatic heterocycles. The lowest BCUT2D eigenvalue weighted by atomic mass is 10.2. The first-order valence-electron chi connectivity index (χ1n) is 7.45. The third kappa shape index (κ3) is 3.08. The summed E-state index contributed by atoms with van der Waals surface area (Å²) >= 11 is 0. The Morgan fingerprint density at radius 1 is 1.26 bits per heavy atom. The first kappa shape index (κ1) is 15.6. The molecule has 23 heavy (non-hydrogen) atoms. The number of fused-ring (bicyclic) bond motifs is 1. The standard InChI is InChI=1S/C15H21N5O3/c1-22-12-5-10-11(6-13(12)23-2)18-15(19-14(10)16)20-4-3-17-7-9(21)8-20/h5-6,9,17,21H,3-4,7-8H2,1-2H3,(H2,16,18,19)/t9-/m1/s1. The number of nitrogen functional groups attached to an aromatic ring is 1. The van der Waals surface area contributed by atoms with E-state index < -0.39 is 6.10 Å². The Bertz CT molecular complexity index is 709. The predicted molar refractivity (Wildman–Crippen MR) is 88.1 cm³/mol. The number of benzene rings is 1. The van der Waals surface area contributed by atoms with Crippen molar-refractivity contribution in [2.75, 3.05) is 51.0 Å². The highest BCUT2D eigenvalue weighted by Crippen LogP contribution is 2.34. The molecule has 0 saturated carbocycles. The Kier molecular flexibility index (Phi) is 4.35. The van der Waals surface area contributed by atoms with E-state index in [0.717, 1.165) is 6.54 Å². The first-order valence-corrected chi connectivity index (χ1v) is 7.45. The minimum atomic E-state index is -0.469. The molecule has 8 heteroatoms. The number of anilines is 2. The van der Waals surface area contributed by atoms with Crippen molar-refractivity contribution in [3.8, 4) is 11.5 Å². The van der Waals surface area contributed by atoms with Crippen LogP contribution in [-0.4, -0.2) is 61.6 Å². The van der Waals surface area contributed by atoms with Crippen LogP contribution in [0.5, 0.6) is 11.5 Å². The van der Waals surface area contributed by atoms with Crippen LogP contribution in [0.1, 0.15) is 0 Å². The number of β-amino-alcohol motifs (C(OH)–C–C–N with tert-alkyl or cyclic N) is 1. The van der Waals surface area contributed by atoms with Crippen molar-refractivity contribution in [3.05, 3.63) is 12.1 Å². The molecule has 8 nitrogen and oxygen atoms in total. The summed E-state index contributed by atoms with van der Waals surface area (Å²) in [6.45, 7) is 2.48. The lowest BCUT2D eigenvalue weighted by Gasteiger charge is -2.22. The molecule has 0 bridgehead atoms. The van der Waals surface area contributed by atoms with Crippen molar-refractivity contribution in [3.63, 3.8) is 0 Å². The van der Waals surface area contributed by atoms with Gasteiger partial charge < -0.3 is 30.5 Å². The van der Waals surface area contributed by atoms with Crippen LogP contribution in [-0.2, 0) is 0 Å². The fraction of sp³-hybridized carbons (Fsp3) is 0.467. The Morgan fingerprint density at radius 2 is 2.00 bits per heavy atom. The second-order valence-electron chi connectivity index (χ2n) is 5.44. The predicted octanol–water partition coefficient (Wildman–Crippen LogP) is -0.000300. The Balaban J connectivity index is 2.05. The van der Waals surface area contributed by atoms with Crippen LogP contribution in [0.3, 0.4) is 0 Å². The van der Waals surface area contributed by atoms with Crippen molar-refractivity contribution in [1.29, 1.82) is 0 Å². The van der Waals surface area contributed by atoms with Gasteiger partial charge in [-0.1, -0.05) is 0 Å². The Hall–Kier alpha value is -2.32. The van der Waals surface area contributed by atoms with E-state index in [-0.39, 0.29) is 0 Å². The molecular formula is C15H21N5O3. The average Bonchev–Trinajstić information content (AvgIpc) is 2.78. The van der Waals surface area contributed by atoms with Gasteiger partial charge in [-0.15, -0.1) is 0 Å². The first-order chi connectivity index (χ1) is 11.1. The van der Waals surface area contributed by atoms with Crippen molar-refractivity contribution in [2.24, 2.45) is 0 Å². The molecule has 0 aliphatic carbocycles. The highest BCUT2D eigenvalue weighted by molar-refractivity contribution is 5.91. The van der Waals surface area contributed by atoms with Crippen LogP contribution >= 0.6 is 0 Å². The van der Waals surface area contributed by atoms with E-state index in [0.29, 0.717) is 53.8 Å². The van der Waals surface area contributed by atoms with E-state index in [1.807, 2.05) is 4.90 Å². The van der Waals surface area contributed by atoms with Gasteiger partial charge in [0.05, 0.1) is 25.8 Å². The Morgan fingerprint density at radius 3 is 2.74 bits per heavy atom. The summed E-state index contributed by atoms with van der Waals surface area (Å²) in [6, 6.07) is 3.55. The van der Waals surface area contributed by atoms with Crippen LogP contribution in [0.4, 0.5) is 11.8 Å². The van der Waals surface area contributed by atoms with Crippen LogP contribution in [0.25, 0.3) is 10.9 Å². The van der Waals surface area contributed by atoms with E-state index in [4.69, 9.17) is 15.2 Å². The Labute approximate surface area is 134 Å². The summed E-state index contributed by atoms with van der Waals surface area (Å²) in [5.74, 6) is 2.04. The zero-order valence-corrected chi connectivity index (χ0v) is 13.2. The number of hydrogen-bond donors (Lipinski definition) is 3. The van der Waals surface area contributed by atoms with Gasteiger partial charge in [0.1, 0.15) is 5.82 Å². The normalized spacial score (nSPS) is 18.7. The minimum Gasteiger partial charge on any atom is -0.493 e. The number of methoxy groups -OCH3 is 2. The highest BCUT2D eigenvalue weighted by Gasteiger charge is 2.20. The smallest absolute Gasteiger partial charge is 0.228 e. The molecule has 4 N–H and O–H groups in total. The maximum Gasteiger partial charge on any atom is 0.228 e. The monoisotopic (exact) mass is 319 g/mol. The van der Waals surface area contributed by atoms with Crippen molar-refractivity contribution in [1.82, 2.24) is 15.3 Å². The molecule has 1 fully saturated rings. The number of rotatable bonds is 3. The summed E-state index contributed by atoms with van der Waals surface area (Å²) in [5.41, 5.74) is 6.78. The molecule has 1 saturated heterocycles. The van der Waals surface area contributed by atoms with E-state index in [9.17, 15) is 5.11 Å². The largest absolute Gasteiger partial charge is 0.493 e. The maximum absolute atomic E-state index is 9.93. The second kappa shape index (κ2) is 6.43. The van der Waals surface area contributed by atoms with Gasteiger partial charge in [-0.05, 0) is 6.07 Å². The number of nitrogens with two attached hydrogens (primary N) is 1. The summed E-state index contributed by atoms with van der Waals surface area (Å²) in [4.78, 5) is 10.9. The van der Waals surface area contributed by atoms with Crippen molar-refractivity contribution in [2.45, 2.75) is 6.10 Å². The molecule has 2 aromatic rings. The molecule has 1 aromatic carbocycles. The zero-order chi connectivity index (χ0) is 16.4. The van der Waals surface area contributed by atoms with Crippen LogP contribution in [0.15, 0.2) is 12.1 Å². The molecule has 1 aliphatic heterocycles. The number of aliphatic hydroxyl groups is 1. The quantitative estimate of drug-likeness (QED) is 0.726. The van der Waals surface area contributed by atoms with Crippen LogP contribution in [0.2, 0.25) is 0 Å². The maximum atomic E-state index is 9.93. The number of hydrogen-bond acceptors (Lipinski definition) is 8. The van der Waals surface area contributed by atoms with Crippen molar-refractivity contribution < 1.29 is 14.6 Å². The second-order valence-corrected chi connectivity index (χ2v) is 5.44. The third-order valence-corrected chi connectivity index (χ3v) is 3.87. The molecule has 0 radical (unpaired) electrons. The fourth-order valence-corrected chi connectivity index (χ4v) is 2.68. The number of ether oxygens (including phenoxy) is 2. The average molecular weight is 319 g/mol. The molecule has 2 heterocycles. The van der Waals surface area contributed by atoms with Crippen LogP contribution < -0.4 is 25.4 Å². The number of nitrogens with zero attached hydrogens (tertiary/aromatic N) is 3. The van der Waals surface area contributed by atoms with Gasteiger partial charge in [0.25, 0.3) is 0 Å². The fourth-order valence-electron chi connectivity index (χ4n) is 2.68. The minimum absolute atomic E-state index is 0.373. The number of aromatic nitrogens is 2. The van der Waals surface area contributed by atoms with Crippen molar-refractivity contribution >= 4 is 22.7 Å². The summed E-state index contributed by atoms with van der Waals surface area (Å²) in [6.07, 6.45) is -0.469. The zero-order valence-electron chi connectivity index (χ0n) is 13.2. The molecular weight excluding hydrogens is 298 g/mol. The molecule has 1 aliphatic rings. The number of nitrogens with one attached hydrogen (secondary N) is 1. The third-order valence-electron chi connectivity index (χ3n) is 3.87. The summed E-state index contributed by atoms with van der Waals surface area (Å²) in [5, 5.41) is 13.8. The molecule has 1 atom stereocenters. The van der Waals surface area contributed by atoms with Gasteiger partial charge in [0.15, 0.2) is 11.5 Å². The van der Waals surface area contributed by atoms with Gasteiger partial charge in [0.2, 0.25) is 5.95 Å². The molecule has 0 amide bonds. The van der Waals surface area contributed by atoms with E-state index in [1.54, 1.807) is 26.4 Å². The highest BCUT2D eigenvalue weighted by atomic mass is 16.5. The van der Waals surface area contributed by atoms with E-state index >= 15 is 0 Å². The topological polar surface area (TPSA) is 106 Å². The van der Waals surface area contributed by atoms with Gasteiger partial charge in [0, 0.05) is 37.6 Å². The SMILES string of the molecule is COc1cc2nc(N3CCNC[C@@H](O)C3)nc(N)c2cc1OC. The van der Waals surface area contributed by atoms with Gasteiger partial charge >= 0.3 is 0 Å². The molecule has 0 spiro atoms. The molecule has 3 rings (SSSR count). The van der Waals surface area contributed by atoms with E-state index in [1.165, 1.54) is 0 Å². The van der Waals surface area contributed by atoms with Gasteiger partial charge in [-0.3, -0.25) is 0 Å². The van der Waals surface area contributed by atoms with E-state index in [2.05, 4.69) is 15.3 Å².